The summed E-state index contributed by atoms with van der Waals surface area (Å²) < 4.78 is 17.5. The number of carbonyl (C=O) groups is 1. The summed E-state index contributed by atoms with van der Waals surface area (Å²) in [7, 11) is 0. The van der Waals surface area contributed by atoms with Crippen molar-refractivity contribution in [1.82, 2.24) is 5.16 Å². The van der Waals surface area contributed by atoms with Crippen LogP contribution < -0.4 is 9.47 Å². The van der Waals surface area contributed by atoms with Gasteiger partial charge in [-0.05, 0) is 61.9 Å². The topological polar surface area (TPSA) is 73.9 Å². The molecule has 0 aliphatic carbocycles. The number of esters is 1. The van der Waals surface area contributed by atoms with E-state index in [9.17, 15) is 4.79 Å². The third kappa shape index (κ3) is 5.75. The van der Waals surface area contributed by atoms with Crippen LogP contribution in [-0.4, -0.2) is 23.9 Å². The van der Waals surface area contributed by atoms with E-state index in [-0.39, 0.29) is 5.69 Å². The van der Waals surface area contributed by atoms with Gasteiger partial charge in [-0.3, -0.25) is 4.99 Å². The Balaban J connectivity index is 1.50. The second-order valence-corrected chi connectivity index (χ2v) is 8.12. The van der Waals surface area contributed by atoms with Gasteiger partial charge in [-0.2, -0.15) is 0 Å². The maximum atomic E-state index is 12.7. The van der Waals surface area contributed by atoms with Crippen LogP contribution in [0, 0.1) is 6.92 Å². The lowest BCUT2D eigenvalue weighted by Crippen LogP contribution is -2.10. The fraction of sp³-hybridized carbons (Fsp3) is 0.115. The monoisotopic (exact) mass is 504 g/mol. The van der Waals surface area contributed by atoms with Crippen molar-refractivity contribution < 1.29 is 18.8 Å². The van der Waals surface area contributed by atoms with E-state index >= 15 is 0 Å². The first-order chi connectivity index (χ1) is 16.0. The Hall–Kier alpha value is -3.71. The van der Waals surface area contributed by atoms with Crippen LogP contribution in [-0.2, 0) is 0 Å². The smallest absolute Gasteiger partial charge is 0.366 e. The minimum Gasteiger partial charge on any atom is -0.490 e. The highest BCUT2D eigenvalue weighted by Crippen LogP contribution is 2.30. The molecule has 0 saturated heterocycles. The van der Waals surface area contributed by atoms with E-state index in [1.165, 1.54) is 0 Å². The van der Waals surface area contributed by atoms with E-state index in [1.807, 2.05) is 62.4 Å². The fourth-order valence-electron chi connectivity index (χ4n) is 3.01. The highest BCUT2D eigenvalue weighted by atomic mass is 79.9. The number of nitrogens with zero attached hydrogens (tertiary/aromatic N) is 2. The van der Waals surface area contributed by atoms with E-state index in [0.717, 1.165) is 26.9 Å². The maximum absolute atomic E-state index is 12.7. The molecule has 4 rings (SSSR count). The SMILES string of the molecule is CCOc1cc(C=Nc2ccc(Br)cc2)ccc1OC(=O)c1cc(-c2ccc(C)cc2)on1. The average molecular weight is 505 g/mol. The predicted molar refractivity (Wildman–Crippen MR) is 131 cm³/mol. The number of hydrogen-bond donors (Lipinski definition) is 0. The first-order valence-electron chi connectivity index (χ1n) is 10.3. The van der Waals surface area contributed by atoms with Crippen molar-refractivity contribution in [3.63, 3.8) is 0 Å². The van der Waals surface area contributed by atoms with Gasteiger partial charge in [0, 0.05) is 22.3 Å². The molecule has 0 fully saturated rings. The number of aliphatic imine (C=N–C) groups is 1. The molecule has 6 nitrogen and oxygen atoms in total. The maximum Gasteiger partial charge on any atom is 0.366 e. The van der Waals surface area contributed by atoms with Gasteiger partial charge in [0.1, 0.15) is 0 Å². The molecule has 0 radical (unpaired) electrons. The number of hydrogen-bond acceptors (Lipinski definition) is 6. The molecule has 166 valence electrons. The van der Waals surface area contributed by atoms with Crippen molar-refractivity contribution in [3.05, 3.63) is 94.1 Å². The van der Waals surface area contributed by atoms with Crippen LogP contribution in [0.3, 0.4) is 0 Å². The summed E-state index contributed by atoms with van der Waals surface area (Å²) in [5, 5.41) is 3.86. The number of ether oxygens (including phenoxy) is 2. The highest BCUT2D eigenvalue weighted by Gasteiger charge is 2.18. The summed E-state index contributed by atoms with van der Waals surface area (Å²) in [6, 6.07) is 22.2. The number of aromatic nitrogens is 1. The largest absolute Gasteiger partial charge is 0.490 e. The number of rotatable bonds is 7. The minimum atomic E-state index is -0.630. The normalized spacial score (nSPS) is 11.0. The van der Waals surface area contributed by atoms with Gasteiger partial charge in [0.05, 0.1) is 12.3 Å². The quantitative estimate of drug-likeness (QED) is 0.157. The van der Waals surface area contributed by atoms with Gasteiger partial charge < -0.3 is 14.0 Å². The number of halogens is 1. The zero-order valence-electron chi connectivity index (χ0n) is 18.1. The Labute approximate surface area is 200 Å². The molecule has 0 saturated carbocycles. The molecule has 0 unspecified atom stereocenters. The highest BCUT2D eigenvalue weighted by molar-refractivity contribution is 9.10. The molecule has 0 aliphatic heterocycles. The Bertz CT molecular complexity index is 1280. The van der Waals surface area contributed by atoms with Gasteiger partial charge >= 0.3 is 5.97 Å². The third-order valence-corrected chi connectivity index (χ3v) is 5.24. The lowest BCUT2D eigenvalue weighted by Gasteiger charge is -2.10. The number of carbonyl (C=O) groups excluding carboxylic acids is 1. The van der Waals surface area contributed by atoms with Crippen LogP contribution in [0.25, 0.3) is 11.3 Å². The lowest BCUT2D eigenvalue weighted by atomic mass is 10.1. The van der Waals surface area contributed by atoms with Crippen LogP contribution in [0.5, 0.6) is 11.5 Å². The van der Waals surface area contributed by atoms with E-state index in [1.54, 1.807) is 30.5 Å². The van der Waals surface area contributed by atoms with Gasteiger partial charge in [-0.25, -0.2) is 4.79 Å². The van der Waals surface area contributed by atoms with Gasteiger partial charge in [-0.15, -0.1) is 0 Å². The fourth-order valence-corrected chi connectivity index (χ4v) is 3.28. The molecule has 0 spiro atoms. The second kappa shape index (κ2) is 10.3. The van der Waals surface area contributed by atoms with Crippen molar-refractivity contribution in [2.24, 2.45) is 4.99 Å². The van der Waals surface area contributed by atoms with Gasteiger partial charge in [0.25, 0.3) is 0 Å². The van der Waals surface area contributed by atoms with Crippen LogP contribution in [0.2, 0.25) is 0 Å². The summed E-state index contributed by atoms with van der Waals surface area (Å²) in [5.41, 5.74) is 3.67. The molecule has 0 bridgehead atoms. The van der Waals surface area contributed by atoms with Gasteiger partial charge in [0.15, 0.2) is 23.0 Å². The van der Waals surface area contributed by atoms with Crippen LogP contribution in [0.4, 0.5) is 5.69 Å². The molecule has 33 heavy (non-hydrogen) atoms. The predicted octanol–water partition coefficient (Wildman–Crippen LogP) is 6.78. The van der Waals surface area contributed by atoms with Crippen molar-refractivity contribution in [2.45, 2.75) is 13.8 Å². The summed E-state index contributed by atoms with van der Waals surface area (Å²) in [6.07, 6.45) is 1.73. The van der Waals surface area contributed by atoms with Crippen molar-refractivity contribution >= 4 is 33.8 Å². The van der Waals surface area contributed by atoms with Gasteiger partial charge in [-0.1, -0.05) is 50.9 Å². The van der Waals surface area contributed by atoms with E-state index in [0.29, 0.717) is 23.9 Å². The molecule has 0 N–H and O–H groups in total. The molecule has 1 heterocycles. The van der Waals surface area contributed by atoms with Crippen LogP contribution in [0.1, 0.15) is 28.5 Å². The molecule has 0 amide bonds. The summed E-state index contributed by atoms with van der Waals surface area (Å²) in [5.74, 6) is 0.594. The zero-order chi connectivity index (χ0) is 23.2. The molecule has 7 heteroatoms. The number of benzene rings is 3. The van der Waals surface area contributed by atoms with E-state index in [2.05, 4.69) is 26.1 Å². The first kappa shape index (κ1) is 22.5. The van der Waals surface area contributed by atoms with Crippen LogP contribution >= 0.6 is 15.9 Å². The van der Waals surface area contributed by atoms with E-state index in [4.69, 9.17) is 14.0 Å². The Morgan fingerprint density at radius 1 is 1.03 bits per heavy atom. The Morgan fingerprint density at radius 3 is 2.52 bits per heavy atom. The average Bonchev–Trinajstić information content (AvgIpc) is 3.31. The zero-order valence-corrected chi connectivity index (χ0v) is 19.7. The van der Waals surface area contributed by atoms with Gasteiger partial charge in [0.2, 0.25) is 0 Å². The summed E-state index contributed by atoms with van der Waals surface area (Å²) >= 11 is 3.41. The standard InChI is InChI=1S/C26H21BrN2O4/c1-3-31-25-14-18(16-28-21-11-9-20(27)10-12-21)6-13-23(25)32-26(30)22-15-24(33-29-22)19-7-4-17(2)5-8-19/h4-16H,3H2,1-2H3. The first-order valence-corrected chi connectivity index (χ1v) is 11.1. The molecule has 0 atom stereocenters. The van der Waals surface area contributed by atoms with E-state index < -0.39 is 5.97 Å². The number of aryl methyl sites for hydroxylation is 1. The molecule has 0 aliphatic rings. The minimum absolute atomic E-state index is 0.0777. The lowest BCUT2D eigenvalue weighted by molar-refractivity contribution is 0.0717. The Kier molecular flexibility index (Phi) is 7.00. The molecule has 1 aromatic heterocycles. The third-order valence-electron chi connectivity index (χ3n) is 4.71. The summed E-state index contributed by atoms with van der Waals surface area (Å²) in [6.45, 7) is 4.28. The van der Waals surface area contributed by atoms with Crippen molar-refractivity contribution in [2.75, 3.05) is 6.61 Å². The molecule has 3 aromatic carbocycles. The van der Waals surface area contributed by atoms with Crippen molar-refractivity contribution in [3.8, 4) is 22.8 Å². The molecule has 4 aromatic rings. The molecular formula is C26H21BrN2O4. The molecular weight excluding hydrogens is 484 g/mol. The summed E-state index contributed by atoms with van der Waals surface area (Å²) in [4.78, 5) is 17.1. The second-order valence-electron chi connectivity index (χ2n) is 7.21. The van der Waals surface area contributed by atoms with Crippen molar-refractivity contribution in [1.29, 1.82) is 0 Å². The van der Waals surface area contributed by atoms with Crippen LogP contribution in [0.15, 0.2) is 86.8 Å². The Morgan fingerprint density at radius 2 is 1.79 bits per heavy atom.